The van der Waals surface area contributed by atoms with E-state index in [2.05, 4.69) is 0 Å². The topological polar surface area (TPSA) is 97.7 Å². The van der Waals surface area contributed by atoms with Gasteiger partial charge in [0.1, 0.15) is 15.6 Å². The van der Waals surface area contributed by atoms with E-state index in [4.69, 9.17) is 5.11 Å². The smallest absolute Gasteiger partial charge is 0.143 e. The van der Waals surface area contributed by atoms with Gasteiger partial charge in [-0.25, -0.2) is 8.42 Å². The summed E-state index contributed by atoms with van der Waals surface area (Å²) in [7, 11) is -4.60. The van der Waals surface area contributed by atoms with E-state index in [1.165, 1.54) is 0 Å². The summed E-state index contributed by atoms with van der Waals surface area (Å²) in [6.45, 7) is 5.18. The summed E-state index contributed by atoms with van der Waals surface area (Å²) in [5, 5.41) is 18.5. The van der Waals surface area contributed by atoms with Crippen molar-refractivity contribution in [1.29, 1.82) is 0 Å². The molecule has 0 aliphatic heterocycles. The van der Waals surface area contributed by atoms with Gasteiger partial charge in [-0.3, -0.25) is 0 Å². The predicted molar refractivity (Wildman–Crippen MR) is 59.6 cm³/mol. The molecular weight excluding hydrogens is 232 g/mol. The van der Waals surface area contributed by atoms with E-state index in [9.17, 15) is 18.1 Å². The molecule has 0 aliphatic rings. The Morgan fingerprint density at radius 1 is 1.38 bits per heavy atom. The van der Waals surface area contributed by atoms with E-state index in [0.717, 1.165) is 6.42 Å². The molecule has 0 aromatic rings. The van der Waals surface area contributed by atoms with E-state index < -0.39 is 21.2 Å². The Balaban J connectivity index is 3.88. The van der Waals surface area contributed by atoms with Crippen LogP contribution in [-0.2, 0) is 10.1 Å². The molecule has 0 aliphatic carbocycles. The zero-order valence-corrected chi connectivity index (χ0v) is 10.8. The van der Waals surface area contributed by atoms with Crippen LogP contribution in [-0.4, -0.2) is 34.2 Å². The van der Waals surface area contributed by atoms with Gasteiger partial charge in [0.2, 0.25) is 0 Å². The third kappa shape index (κ3) is 8.04. The van der Waals surface area contributed by atoms with Crippen molar-refractivity contribution in [2.45, 2.75) is 57.5 Å². The molecule has 6 heteroatoms. The van der Waals surface area contributed by atoms with Crippen molar-refractivity contribution in [3.63, 3.8) is 0 Å². The quantitative estimate of drug-likeness (QED) is 0.654. The SMILES string of the molecule is C[C@@H](CCCC(C)(C)O)C[C@H](O)S(=O)(=O)[O-]. The molecule has 5 nitrogen and oxygen atoms in total. The number of aliphatic hydroxyl groups is 2. The minimum Gasteiger partial charge on any atom is -0.746 e. The average molecular weight is 253 g/mol. The van der Waals surface area contributed by atoms with Gasteiger partial charge in [-0.2, -0.15) is 0 Å². The molecule has 0 aromatic heterocycles. The van der Waals surface area contributed by atoms with Crippen molar-refractivity contribution < 1.29 is 23.2 Å². The molecular formula is C10H21O5S-. The van der Waals surface area contributed by atoms with E-state index in [-0.39, 0.29) is 12.3 Å². The molecule has 0 radical (unpaired) electrons. The van der Waals surface area contributed by atoms with Crippen molar-refractivity contribution in [3.8, 4) is 0 Å². The predicted octanol–water partition coefficient (Wildman–Crippen LogP) is 0.817. The fourth-order valence-electron chi connectivity index (χ4n) is 1.46. The maximum absolute atomic E-state index is 10.5. The van der Waals surface area contributed by atoms with E-state index in [1.54, 1.807) is 20.8 Å². The molecule has 0 fully saturated rings. The Kier molecular flexibility index (Phi) is 5.89. The van der Waals surface area contributed by atoms with Crippen LogP contribution in [0.4, 0.5) is 0 Å². The van der Waals surface area contributed by atoms with Gasteiger partial charge >= 0.3 is 0 Å². The standard InChI is InChI=1S/C10H22O5S/c1-8(5-4-6-10(2,3)12)7-9(11)16(13,14)15/h8-9,11-12H,4-7H2,1-3H3,(H,13,14,15)/p-1/t8-,9+/m0/s1. The summed E-state index contributed by atoms with van der Waals surface area (Å²) in [5.41, 5.74) is -2.55. The van der Waals surface area contributed by atoms with E-state index in [0.29, 0.717) is 12.8 Å². The number of hydrogen-bond donors (Lipinski definition) is 2. The van der Waals surface area contributed by atoms with Gasteiger partial charge < -0.3 is 14.8 Å². The first-order chi connectivity index (χ1) is 7.02. The van der Waals surface area contributed by atoms with Crippen molar-refractivity contribution in [2.75, 3.05) is 0 Å². The van der Waals surface area contributed by atoms with Gasteiger partial charge in [0.15, 0.2) is 0 Å². The van der Waals surface area contributed by atoms with E-state index in [1.807, 2.05) is 0 Å². The number of hydrogen-bond acceptors (Lipinski definition) is 5. The van der Waals surface area contributed by atoms with Gasteiger partial charge in [-0.15, -0.1) is 0 Å². The molecule has 2 N–H and O–H groups in total. The van der Waals surface area contributed by atoms with Crippen LogP contribution in [0.15, 0.2) is 0 Å². The number of aliphatic hydroxyl groups excluding tert-OH is 1. The lowest BCUT2D eigenvalue weighted by atomic mass is 9.95. The largest absolute Gasteiger partial charge is 0.746 e. The molecule has 16 heavy (non-hydrogen) atoms. The fourth-order valence-corrected chi connectivity index (χ4v) is 2.03. The average Bonchev–Trinajstić information content (AvgIpc) is 1.99. The summed E-state index contributed by atoms with van der Waals surface area (Å²) in [6.07, 6.45) is 1.97. The number of rotatable bonds is 7. The summed E-state index contributed by atoms with van der Waals surface area (Å²) >= 11 is 0. The second-order valence-corrected chi connectivity index (χ2v) is 6.52. The highest BCUT2D eigenvalue weighted by atomic mass is 32.2. The third-order valence-electron chi connectivity index (χ3n) is 2.42. The first kappa shape index (κ1) is 15.8. The molecule has 0 unspecified atom stereocenters. The van der Waals surface area contributed by atoms with Gasteiger partial charge in [-0.05, 0) is 32.6 Å². The molecule has 0 aromatic carbocycles. The lowest BCUT2D eigenvalue weighted by Gasteiger charge is -2.21. The van der Waals surface area contributed by atoms with Crippen LogP contribution in [0.3, 0.4) is 0 Å². The Labute approximate surface area is 97.2 Å². The summed E-state index contributed by atoms with van der Waals surface area (Å²) in [6, 6.07) is 0. The van der Waals surface area contributed by atoms with Gasteiger partial charge in [-0.1, -0.05) is 19.8 Å². The molecule has 2 atom stereocenters. The first-order valence-corrected chi connectivity index (χ1v) is 6.84. The lowest BCUT2D eigenvalue weighted by molar-refractivity contribution is 0.0664. The van der Waals surface area contributed by atoms with Crippen LogP contribution < -0.4 is 0 Å². The van der Waals surface area contributed by atoms with Crippen LogP contribution in [0, 0.1) is 5.92 Å². The zero-order chi connectivity index (χ0) is 13.0. The first-order valence-electron chi connectivity index (χ1n) is 5.37. The monoisotopic (exact) mass is 253 g/mol. The van der Waals surface area contributed by atoms with Crippen LogP contribution >= 0.6 is 0 Å². The maximum Gasteiger partial charge on any atom is 0.143 e. The molecule has 0 bridgehead atoms. The van der Waals surface area contributed by atoms with Crippen molar-refractivity contribution in [2.24, 2.45) is 5.92 Å². The van der Waals surface area contributed by atoms with Crippen LogP contribution in [0.5, 0.6) is 0 Å². The molecule has 0 spiro atoms. The summed E-state index contributed by atoms with van der Waals surface area (Å²) in [4.78, 5) is 0. The molecule has 0 saturated carbocycles. The Morgan fingerprint density at radius 3 is 2.25 bits per heavy atom. The minimum absolute atomic E-state index is 0.0440. The molecule has 0 rings (SSSR count). The molecule has 0 heterocycles. The lowest BCUT2D eigenvalue weighted by Crippen LogP contribution is -2.23. The van der Waals surface area contributed by atoms with Crippen LogP contribution in [0.1, 0.15) is 46.5 Å². The highest BCUT2D eigenvalue weighted by molar-refractivity contribution is 7.86. The summed E-state index contributed by atoms with van der Waals surface area (Å²) in [5.74, 6) is -0.0546. The second-order valence-electron chi connectivity index (χ2n) is 4.99. The third-order valence-corrected chi connectivity index (χ3v) is 3.28. The fraction of sp³-hybridized carbons (Fsp3) is 1.00. The summed E-state index contributed by atoms with van der Waals surface area (Å²) < 4.78 is 31.4. The maximum atomic E-state index is 10.5. The van der Waals surface area contributed by atoms with Crippen molar-refractivity contribution in [1.82, 2.24) is 0 Å². The molecule has 0 amide bonds. The Bertz CT molecular complexity index is 291. The van der Waals surface area contributed by atoms with Gasteiger partial charge in [0.25, 0.3) is 0 Å². The Morgan fingerprint density at radius 2 is 1.88 bits per heavy atom. The van der Waals surface area contributed by atoms with E-state index >= 15 is 0 Å². The molecule has 98 valence electrons. The van der Waals surface area contributed by atoms with Crippen LogP contribution in [0.2, 0.25) is 0 Å². The van der Waals surface area contributed by atoms with Crippen LogP contribution in [0.25, 0.3) is 0 Å². The van der Waals surface area contributed by atoms with Crippen molar-refractivity contribution in [3.05, 3.63) is 0 Å². The Hall–Kier alpha value is -0.170. The van der Waals surface area contributed by atoms with Gasteiger partial charge in [0.05, 0.1) is 5.60 Å². The highest BCUT2D eigenvalue weighted by Crippen LogP contribution is 2.19. The van der Waals surface area contributed by atoms with Crippen molar-refractivity contribution >= 4 is 10.1 Å². The second kappa shape index (κ2) is 5.95. The minimum atomic E-state index is -4.60. The molecule has 0 saturated heterocycles. The zero-order valence-electron chi connectivity index (χ0n) is 10.0. The normalized spacial score (nSPS) is 17.1. The highest BCUT2D eigenvalue weighted by Gasteiger charge is 2.17. The van der Waals surface area contributed by atoms with Gasteiger partial charge in [0, 0.05) is 0 Å².